The third-order valence-corrected chi connectivity index (χ3v) is 7.44. The van der Waals surface area contributed by atoms with Crippen LogP contribution in [-0.4, -0.2) is 75.1 Å². The Bertz CT molecular complexity index is 1560. The molecule has 1 N–H and O–H groups in total. The van der Waals surface area contributed by atoms with Gasteiger partial charge in [-0.3, -0.25) is 13.9 Å². The highest BCUT2D eigenvalue weighted by molar-refractivity contribution is 5.75. The number of carbonyl (C=O) groups excluding carboxylic acids is 1. The van der Waals surface area contributed by atoms with E-state index in [1.807, 2.05) is 88.5 Å². The molecule has 4 rings (SSSR count). The number of fused-ring (bicyclic) bond motifs is 1. The molecule has 1 aliphatic rings. The van der Waals surface area contributed by atoms with Crippen molar-refractivity contribution in [3.8, 4) is 0 Å². The maximum absolute atomic E-state index is 14.1. The molecule has 11 nitrogen and oxygen atoms in total. The third-order valence-electron chi connectivity index (χ3n) is 7.44. The third kappa shape index (κ3) is 8.16. The van der Waals surface area contributed by atoms with Gasteiger partial charge >= 0.3 is 11.8 Å². The molecule has 1 atom stereocenters. The molecule has 0 aliphatic carbocycles. The van der Waals surface area contributed by atoms with Gasteiger partial charge < -0.3 is 24.4 Å². The van der Waals surface area contributed by atoms with E-state index in [0.29, 0.717) is 49.7 Å². The molecule has 0 radical (unpaired) electrons. The van der Waals surface area contributed by atoms with Crippen molar-refractivity contribution in [1.29, 1.82) is 0 Å². The van der Waals surface area contributed by atoms with E-state index in [0.717, 1.165) is 30.5 Å². The molecule has 11 heteroatoms. The van der Waals surface area contributed by atoms with Crippen LogP contribution in [0.1, 0.15) is 53.0 Å². The molecule has 1 aromatic carbocycles. The van der Waals surface area contributed by atoms with Gasteiger partial charge in [-0.05, 0) is 73.5 Å². The highest BCUT2D eigenvalue weighted by Gasteiger charge is 2.29. The summed E-state index contributed by atoms with van der Waals surface area (Å²) < 4.78 is 10.4. The largest absolute Gasteiger partial charge is 0.444 e. The molecule has 0 saturated carbocycles. The van der Waals surface area contributed by atoms with Gasteiger partial charge in [-0.2, -0.15) is 4.98 Å². The molecule has 0 bridgehead atoms. The molecule has 1 fully saturated rings. The van der Waals surface area contributed by atoms with Crippen molar-refractivity contribution in [1.82, 2.24) is 28.9 Å². The fraction of sp³-hybridized carbons (Fsp3) is 0.562. The Morgan fingerprint density at radius 2 is 1.81 bits per heavy atom. The SMILES string of the molecule is CC(C)=CCn1c(N2CCCC(NC(=O)OC(C)(C)C)C2)nc2c1c(=O)n(CCc1ccccc1)c(=O)n2CCN(C)C. The Morgan fingerprint density at radius 1 is 1.09 bits per heavy atom. The molecule has 3 heterocycles. The zero-order chi connectivity index (χ0) is 31.3. The van der Waals surface area contributed by atoms with Crippen molar-refractivity contribution in [3.63, 3.8) is 0 Å². The molecule has 234 valence electrons. The van der Waals surface area contributed by atoms with E-state index in [4.69, 9.17) is 9.72 Å². The van der Waals surface area contributed by atoms with Gasteiger partial charge in [-0.1, -0.05) is 42.0 Å². The van der Waals surface area contributed by atoms with Crippen LogP contribution in [0.25, 0.3) is 11.2 Å². The van der Waals surface area contributed by atoms with Crippen molar-refractivity contribution in [2.24, 2.45) is 0 Å². The van der Waals surface area contributed by atoms with E-state index < -0.39 is 11.7 Å². The number of ether oxygens (including phenoxy) is 1. The lowest BCUT2D eigenvalue weighted by molar-refractivity contribution is 0.0499. The van der Waals surface area contributed by atoms with Gasteiger partial charge in [0.25, 0.3) is 5.56 Å². The lowest BCUT2D eigenvalue weighted by atomic mass is 10.1. The topological polar surface area (TPSA) is 107 Å². The van der Waals surface area contributed by atoms with Crippen LogP contribution in [0.5, 0.6) is 0 Å². The Morgan fingerprint density at radius 3 is 2.47 bits per heavy atom. The van der Waals surface area contributed by atoms with E-state index in [9.17, 15) is 14.4 Å². The minimum absolute atomic E-state index is 0.140. The van der Waals surface area contributed by atoms with Gasteiger partial charge in [0.05, 0.1) is 0 Å². The van der Waals surface area contributed by atoms with Crippen molar-refractivity contribution in [2.45, 2.75) is 85.2 Å². The average molecular weight is 594 g/mol. The predicted octanol–water partition coefficient (Wildman–Crippen LogP) is 3.62. The van der Waals surface area contributed by atoms with Crippen molar-refractivity contribution in [3.05, 3.63) is 68.4 Å². The van der Waals surface area contributed by atoms with Gasteiger partial charge in [-0.15, -0.1) is 0 Å². The van der Waals surface area contributed by atoms with Gasteiger partial charge in [0.15, 0.2) is 11.2 Å². The smallest absolute Gasteiger partial charge is 0.407 e. The van der Waals surface area contributed by atoms with Crippen molar-refractivity contribution < 1.29 is 9.53 Å². The number of nitrogens with zero attached hydrogens (tertiary/aromatic N) is 6. The molecule has 3 aromatic rings. The second-order valence-corrected chi connectivity index (χ2v) is 12.8. The van der Waals surface area contributed by atoms with Crippen LogP contribution in [0.2, 0.25) is 0 Å². The number of aromatic nitrogens is 4. The molecule has 1 saturated heterocycles. The number of piperidine rings is 1. The van der Waals surface area contributed by atoms with Gasteiger partial charge in [0.1, 0.15) is 5.60 Å². The molecular weight excluding hydrogens is 546 g/mol. The number of amides is 1. The van der Waals surface area contributed by atoms with E-state index in [1.54, 1.807) is 4.57 Å². The highest BCUT2D eigenvalue weighted by Crippen LogP contribution is 2.24. The lowest BCUT2D eigenvalue weighted by Crippen LogP contribution is -2.49. The number of likely N-dealkylation sites (N-methyl/N-ethyl adjacent to an activating group) is 1. The number of alkyl carbamates (subject to hydrolysis) is 1. The number of nitrogens with one attached hydrogen (secondary N) is 1. The minimum Gasteiger partial charge on any atom is -0.444 e. The number of hydrogen-bond donors (Lipinski definition) is 1. The number of carbonyl (C=O) groups is 1. The van der Waals surface area contributed by atoms with Gasteiger partial charge in [0.2, 0.25) is 5.95 Å². The van der Waals surface area contributed by atoms with Crippen LogP contribution in [0.3, 0.4) is 0 Å². The first kappa shape index (κ1) is 32.1. The Balaban J connectivity index is 1.80. The van der Waals surface area contributed by atoms with E-state index >= 15 is 0 Å². The van der Waals surface area contributed by atoms with Gasteiger partial charge in [0, 0.05) is 45.3 Å². The highest BCUT2D eigenvalue weighted by atomic mass is 16.6. The number of rotatable bonds is 10. The zero-order valence-electron chi connectivity index (χ0n) is 26.7. The first-order chi connectivity index (χ1) is 20.3. The number of imidazole rings is 1. The maximum Gasteiger partial charge on any atom is 0.407 e. The summed E-state index contributed by atoms with van der Waals surface area (Å²) in [5, 5.41) is 3.01. The van der Waals surface area contributed by atoms with Crippen molar-refractivity contribution >= 4 is 23.2 Å². The summed E-state index contributed by atoms with van der Waals surface area (Å²) in [6.45, 7) is 12.5. The van der Waals surface area contributed by atoms with Crippen LogP contribution in [0.15, 0.2) is 51.6 Å². The van der Waals surface area contributed by atoms with E-state index in [2.05, 4.69) is 16.3 Å². The Labute approximate surface area is 253 Å². The Kier molecular flexibility index (Phi) is 10.2. The molecule has 1 amide bonds. The second kappa shape index (κ2) is 13.6. The van der Waals surface area contributed by atoms with Crippen molar-refractivity contribution in [2.75, 3.05) is 38.6 Å². The summed E-state index contributed by atoms with van der Waals surface area (Å²) in [5.41, 5.74) is 1.71. The summed E-state index contributed by atoms with van der Waals surface area (Å²) in [5.74, 6) is 0.624. The standard InChI is InChI=1S/C32H47N7O4/c1-23(2)15-18-37-26-27(34-29(37)36-17-11-14-25(22-36)33-30(41)43-32(3,4)5)38(21-20-35(6)7)31(42)39(28(26)40)19-16-24-12-9-8-10-13-24/h8-10,12-13,15,25H,11,14,16-22H2,1-7H3,(H,33,41). The van der Waals surface area contributed by atoms with Crippen LogP contribution in [0.4, 0.5) is 10.7 Å². The van der Waals surface area contributed by atoms with E-state index in [-0.39, 0.29) is 23.8 Å². The zero-order valence-corrected chi connectivity index (χ0v) is 26.7. The fourth-order valence-corrected chi connectivity index (χ4v) is 5.30. The molecule has 0 spiro atoms. The number of aryl methyl sites for hydroxylation is 1. The number of hydrogen-bond acceptors (Lipinski definition) is 7. The summed E-state index contributed by atoms with van der Waals surface area (Å²) in [6.07, 6.45) is 3.82. The average Bonchev–Trinajstić information content (AvgIpc) is 3.30. The monoisotopic (exact) mass is 593 g/mol. The molecular formula is C32H47N7O4. The molecule has 2 aromatic heterocycles. The number of benzene rings is 1. The first-order valence-corrected chi connectivity index (χ1v) is 15.1. The first-order valence-electron chi connectivity index (χ1n) is 15.1. The van der Waals surface area contributed by atoms with Crippen LogP contribution in [-0.2, 0) is 30.8 Å². The molecule has 1 aliphatic heterocycles. The second-order valence-electron chi connectivity index (χ2n) is 12.8. The molecule has 1 unspecified atom stereocenters. The normalized spacial score (nSPS) is 15.6. The summed E-state index contributed by atoms with van der Waals surface area (Å²) in [6, 6.07) is 9.74. The number of anilines is 1. The fourth-order valence-electron chi connectivity index (χ4n) is 5.30. The Hall–Kier alpha value is -3.86. The van der Waals surface area contributed by atoms with Crippen LogP contribution >= 0.6 is 0 Å². The summed E-state index contributed by atoms with van der Waals surface area (Å²) >= 11 is 0. The predicted molar refractivity (Wildman–Crippen MR) is 171 cm³/mol. The number of allylic oxidation sites excluding steroid dienone is 2. The van der Waals surface area contributed by atoms with Gasteiger partial charge in [-0.25, -0.2) is 9.59 Å². The molecule has 43 heavy (non-hydrogen) atoms. The summed E-state index contributed by atoms with van der Waals surface area (Å²) in [4.78, 5) is 49.6. The quantitative estimate of drug-likeness (QED) is 0.358. The lowest BCUT2D eigenvalue weighted by Gasteiger charge is -2.34. The van der Waals surface area contributed by atoms with Crippen LogP contribution < -0.4 is 21.5 Å². The summed E-state index contributed by atoms with van der Waals surface area (Å²) in [7, 11) is 3.91. The van der Waals surface area contributed by atoms with Crippen LogP contribution in [0, 0.1) is 0 Å². The maximum atomic E-state index is 14.1. The minimum atomic E-state index is -0.590. The van der Waals surface area contributed by atoms with E-state index in [1.165, 1.54) is 4.57 Å².